The molecule has 0 saturated carbocycles. The van der Waals surface area contributed by atoms with Crippen molar-refractivity contribution in [2.24, 2.45) is 10.7 Å². The lowest BCUT2D eigenvalue weighted by Gasteiger charge is -1.87. The zero-order valence-electron chi connectivity index (χ0n) is 5.02. The van der Waals surface area contributed by atoms with Crippen molar-refractivity contribution in [3.63, 3.8) is 0 Å². The predicted molar refractivity (Wildman–Crippen MR) is 34.9 cm³/mol. The van der Waals surface area contributed by atoms with Gasteiger partial charge in [0.05, 0.1) is 6.54 Å². The standard InChI is InChI=1S/C6H10N2/c1-2-5-3-6(7)8-4-5/h3H,2,4H2,1H3,(H2,7,8). The average Bonchev–Trinajstić information content (AvgIpc) is 2.14. The zero-order chi connectivity index (χ0) is 5.98. The first-order valence-electron chi connectivity index (χ1n) is 2.82. The Bertz CT molecular complexity index is 145. The molecule has 2 N–H and O–H groups in total. The van der Waals surface area contributed by atoms with Crippen molar-refractivity contribution < 1.29 is 0 Å². The summed E-state index contributed by atoms with van der Waals surface area (Å²) in [7, 11) is 0. The second-order valence-electron chi connectivity index (χ2n) is 1.90. The predicted octanol–water partition coefficient (Wildman–Crippen LogP) is 0.694. The third-order valence-corrected chi connectivity index (χ3v) is 1.27. The highest BCUT2D eigenvalue weighted by atomic mass is 14.9. The Kier molecular flexibility index (Phi) is 1.33. The fraction of sp³-hybridized carbons (Fsp3) is 0.500. The van der Waals surface area contributed by atoms with Gasteiger partial charge in [-0.05, 0) is 18.1 Å². The first-order chi connectivity index (χ1) is 3.83. The summed E-state index contributed by atoms with van der Waals surface area (Å²) in [5.41, 5.74) is 6.71. The third kappa shape index (κ3) is 0.886. The van der Waals surface area contributed by atoms with Gasteiger partial charge in [0.15, 0.2) is 0 Å². The van der Waals surface area contributed by atoms with Gasteiger partial charge in [-0.1, -0.05) is 6.92 Å². The number of aliphatic imine (C=N–C) groups is 1. The number of nitrogens with zero attached hydrogens (tertiary/aromatic N) is 1. The maximum Gasteiger partial charge on any atom is 0.118 e. The molecule has 0 radical (unpaired) electrons. The Balaban J connectivity index is 2.56. The molecule has 0 atom stereocenters. The van der Waals surface area contributed by atoms with E-state index in [4.69, 9.17) is 5.73 Å². The van der Waals surface area contributed by atoms with E-state index in [1.807, 2.05) is 6.08 Å². The molecule has 1 rings (SSSR count). The molecule has 0 unspecified atom stereocenters. The molecule has 0 bridgehead atoms. The maximum atomic E-state index is 5.37. The zero-order valence-corrected chi connectivity index (χ0v) is 5.02. The van der Waals surface area contributed by atoms with Gasteiger partial charge in [-0.15, -0.1) is 0 Å². The number of amidine groups is 1. The second kappa shape index (κ2) is 1.99. The van der Waals surface area contributed by atoms with Gasteiger partial charge in [0.25, 0.3) is 0 Å². The first-order valence-corrected chi connectivity index (χ1v) is 2.82. The van der Waals surface area contributed by atoms with E-state index in [0.29, 0.717) is 5.84 Å². The topological polar surface area (TPSA) is 38.4 Å². The van der Waals surface area contributed by atoms with E-state index >= 15 is 0 Å². The quantitative estimate of drug-likeness (QED) is 0.530. The van der Waals surface area contributed by atoms with Crippen molar-refractivity contribution in [3.05, 3.63) is 11.6 Å². The molecular formula is C6H10N2. The summed E-state index contributed by atoms with van der Waals surface area (Å²) in [5.74, 6) is 0.682. The van der Waals surface area contributed by atoms with Crippen LogP contribution in [0.4, 0.5) is 0 Å². The highest BCUT2D eigenvalue weighted by Crippen LogP contribution is 2.05. The van der Waals surface area contributed by atoms with Gasteiger partial charge >= 0.3 is 0 Å². The Hall–Kier alpha value is -0.790. The fourth-order valence-electron chi connectivity index (χ4n) is 0.707. The van der Waals surface area contributed by atoms with Crippen molar-refractivity contribution in [2.45, 2.75) is 13.3 Å². The number of hydrogen-bond acceptors (Lipinski definition) is 2. The summed E-state index contributed by atoms with van der Waals surface area (Å²) in [6.45, 7) is 2.93. The first kappa shape index (κ1) is 5.35. The molecule has 1 aliphatic heterocycles. The number of rotatable bonds is 1. The minimum Gasteiger partial charge on any atom is -0.384 e. The Labute approximate surface area is 49.1 Å². The lowest BCUT2D eigenvalue weighted by Crippen LogP contribution is -2.03. The smallest absolute Gasteiger partial charge is 0.118 e. The monoisotopic (exact) mass is 110 g/mol. The summed E-state index contributed by atoms with van der Waals surface area (Å²) in [4.78, 5) is 3.99. The van der Waals surface area contributed by atoms with Crippen LogP contribution in [0.25, 0.3) is 0 Å². The van der Waals surface area contributed by atoms with Crippen LogP contribution in [0.5, 0.6) is 0 Å². The van der Waals surface area contributed by atoms with E-state index < -0.39 is 0 Å². The van der Waals surface area contributed by atoms with Crippen molar-refractivity contribution in [3.8, 4) is 0 Å². The van der Waals surface area contributed by atoms with Crippen LogP contribution >= 0.6 is 0 Å². The van der Waals surface area contributed by atoms with Gasteiger partial charge in [-0.25, -0.2) is 0 Å². The van der Waals surface area contributed by atoms with Gasteiger partial charge in [0.1, 0.15) is 5.84 Å². The van der Waals surface area contributed by atoms with Crippen molar-refractivity contribution in [2.75, 3.05) is 6.54 Å². The maximum absolute atomic E-state index is 5.37. The van der Waals surface area contributed by atoms with E-state index in [9.17, 15) is 0 Å². The normalized spacial score (nSPS) is 18.1. The molecule has 0 aromatic carbocycles. The van der Waals surface area contributed by atoms with Gasteiger partial charge in [0, 0.05) is 0 Å². The largest absolute Gasteiger partial charge is 0.384 e. The molecule has 0 amide bonds. The van der Waals surface area contributed by atoms with Crippen LogP contribution in [0.3, 0.4) is 0 Å². The van der Waals surface area contributed by atoms with Crippen LogP contribution in [-0.4, -0.2) is 12.4 Å². The molecule has 2 heteroatoms. The highest BCUT2D eigenvalue weighted by molar-refractivity contribution is 5.94. The molecule has 2 nitrogen and oxygen atoms in total. The minimum absolute atomic E-state index is 0.682. The summed E-state index contributed by atoms with van der Waals surface area (Å²) >= 11 is 0. The Morgan fingerprint density at radius 3 is 2.88 bits per heavy atom. The molecule has 0 fully saturated rings. The summed E-state index contributed by atoms with van der Waals surface area (Å²) in [6.07, 6.45) is 3.02. The van der Waals surface area contributed by atoms with Gasteiger partial charge < -0.3 is 5.73 Å². The summed E-state index contributed by atoms with van der Waals surface area (Å²) < 4.78 is 0. The minimum atomic E-state index is 0.682. The van der Waals surface area contributed by atoms with Crippen LogP contribution < -0.4 is 5.73 Å². The van der Waals surface area contributed by atoms with Crippen LogP contribution in [-0.2, 0) is 0 Å². The molecule has 0 aromatic rings. The Morgan fingerprint density at radius 2 is 2.62 bits per heavy atom. The van der Waals surface area contributed by atoms with Crippen LogP contribution in [0.1, 0.15) is 13.3 Å². The van der Waals surface area contributed by atoms with Crippen molar-refractivity contribution in [1.29, 1.82) is 0 Å². The second-order valence-corrected chi connectivity index (χ2v) is 1.90. The number of nitrogens with two attached hydrogens (primary N) is 1. The SMILES string of the molecule is CCC1=CC(N)=NC1. The third-order valence-electron chi connectivity index (χ3n) is 1.27. The van der Waals surface area contributed by atoms with Crippen LogP contribution in [0.15, 0.2) is 16.6 Å². The summed E-state index contributed by atoms with van der Waals surface area (Å²) in [6, 6.07) is 0. The van der Waals surface area contributed by atoms with Gasteiger partial charge in [0.2, 0.25) is 0 Å². The lowest BCUT2D eigenvalue weighted by atomic mass is 10.2. The molecule has 0 spiro atoms. The molecule has 44 valence electrons. The highest BCUT2D eigenvalue weighted by Gasteiger charge is 2.00. The van der Waals surface area contributed by atoms with Crippen LogP contribution in [0, 0.1) is 0 Å². The molecule has 0 aliphatic carbocycles. The summed E-state index contributed by atoms with van der Waals surface area (Å²) in [5, 5.41) is 0. The van der Waals surface area contributed by atoms with E-state index in [2.05, 4.69) is 11.9 Å². The van der Waals surface area contributed by atoms with Crippen LogP contribution in [0.2, 0.25) is 0 Å². The van der Waals surface area contributed by atoms with E-state index in [-0.39, 0.29) is 0 Å². The van der Waals surface area contributed by atoms with Crippen molar-refractivity contribution >= 4 is 5.84 Å². The van der Waals surface area contributed by atoms with E-state index in [1.165, 1.54) is 5.57 Å². The molecule has 0 saturated heterocycles. The molecule has 0 aromatic heterocycles. The Morgan fingerprint density at radius 1 is 1.88 bits per heavy atom. The average molecular weight is 110 g/mol. The molecule has 1 aliphatic rings. The number of hydrogen-bond donors (Lipinski definition) is 1. The molecule has 1 heterocycles. The fourth-order valence-corrected chi connectivity index (χ4v) is 0.707. The van der Waals surface area contributed by atoms with E-state index in [1.54, 1.807) is 0 Å². The van der Waals surface area contributed by atoms with E-state index in [0.717, 1.165) is 13.0 Å². The lowest BCUT2D eigenvalue weighted by molar-refractivity contribution is 1.03. The van der Waals surface area contributed by atoms with Crippen molar-refractivity contribution in [1.82, 2.24) is 0 Å². The van der Waals surface area contributed by atoms with Gasteiger partial charge in [-0.2, -0.15) is 0 Å². The molecular weight excluding hydrogens is 100 g/mol. The van der Waals surface area contributed by atoms with Gasteiger partial charge in [-0.3, -0.25) is 4.99 Å². The molecule has 8 heavy (non-hydrogen) atoms.